The molecule has 0 radical (unpaired) electrons. The molecule has 0 unspecified atom stereocenters. The summed E-state index contributed by atoms with van der Waals surface area (Å²) in [6, 6.07) is 105. The fourth-order valence-electron chi connectivity index (χ4n) is 14.8. The standard InChI is InChI=1S/C92H66Br2N2O4/c1-91(2,3)61-43-59(44-62(51-61)92(4,5)6)60-45-67(95(65-21-15-19-63(93)52-65)89-69(55-35-39-85-77(47-55)73-23-7-11-31-81(73)97-85)27-17-28-70(89)56-36-40-86-78(48-56)74-24-8-12-32-82(74)98-86)54-68(46-60)96(66-22-16-20-64(94)53-66)90-71(57-37-41-87-79(49-57)75-25-9-13-33-83(75)99-87)29-18-30-72(90)58-38-42-88-80(50-58)76-26-10-14-34-84(76)100-88/h7-54H,1-6H3. The molecule has 14 aromatic carbocycles. The molecule has 0 amide bonds. The van der Waals surface area contributed by atoms with Crippen LogP contribution in [0.4, 0.5) is 34.1 Å². The Morgan fingerprint density at radius 3 is 0.830 bits per heavy atom. The normalized spacial score (nSPS) is 12.2. The van der Waals surface area contributed by atoms with Crippen LogP contribution in [-0.4, -0.2) is 0 Å². The summed E-state index contributed by atoms with van der Waals surface area (Å²) in [6.45, 7) is 13.9. The highest BCUT2D eigenvalue weighted by atomic mass is 79.9. The van der Waals surface area contributed by atoms with Crippen LogP contribution in [0.1, 0.15) is 52.7 Å². The Morgan fingerprint density at radius 1 is 0.230 bits per heavy atom. The molecule has 0 saturated heterocycles. The summed E-state index contributed by atoms with van der Waals surface area (Å²) >= 11 is 8.09. The SMILES string of the molecule is CC(C)(C)c1cc(-c2cc(N(c3cccc(Br)c3)c3c(-c4ccc5oc6ccccc6c5c4)cccc3-c3ccc4oc5ccccc5c4c3)cc(N(c3cccc(Br)c3)c3c(-c4ccc5oc6ccccc6c5c4)cccc3-c3ccc4oc5ccccc5c4c3)c2)cc(C(C)(C)C)c1. The van der Waals surface area contributed by atoms with Gasteiger partial charge in [-0.2, -0.15) is 0 Å². The lowest BCUT2D eigenvalue weighted by atomic mass is 9.79. The highest BCUT2D eigenvalue weighted by Crippen LogP contribution is 2.54. The zero-order valence-electron chi connectivity index (χ0n) is 56.0. The van der Waals surface area contributed by atoms with Gasteiger partial charge in [-0.1, -0.05) is 237 Å². The Balaban J connectivity index is 0.979. The lowest BCUT2D eigenvalue weighted by Crippen LogP contribution is -2.17. The quantitative estimate of drug-likeness (QED) is 0.129. The number of halogens is 2. The number of hydrogen-bond acceptors (Lipinski definition) is 6. The number of benzene rings is 14. The Bertz CT molecular complexity index is 5690. The van der Waals surface area contributed by atoms with Crippen LogP contribution in [0.2, 0.25) is 0 Å². The van der Waals surface area contributed by atoms with Crippen LogP contribution in [0.3, 0.4) is 0 Å². The molecule has 0 aliphatic heterocycles. The Morgan fingerprint density at radius 2 is 0.520 bits per heavy atom. The molecule has 0 N–H and O–H groups in total. The van der Waals surface area contributed by atoms with Gasteiger partial charge in [-0.15, -0.1) is 0 Å². The van der Waals surface area contributed by atoms with Gasteiger partial charge in [0.2, 0.25) is 0 Å². The molecule has 18 aromatic rings. The number of fused-ring (bicyclic) bond motifs is 12. The highest BCUT2D eigenvalue weighted by molar-refractivity contribution is 9.10. The van der Waals surface area contributed by atoms with E-state index in [0.29, 0.717) is 0 Å². The molecular formula is C92H66Br2N2O4. The fraction of sp³-hybridized carbons (Fsp3) is 0.0870. The third kappa shape index (κ3) is 10.7. The van der Waals surface area contributed by atoms with E-state index < -0.39 is 0 Å². The molecule has 18 rings (SSSR count). The Kier molecular flexibility index (Phi) is 14.6. The monoisotopic (exact) mass is 1420 g/mol. The predicted molar refractivity (Wildman–Crippen MR) is 425 cm³/mol. The molecule has 4 aromatic heterocycles. The van der Waals surface area contributed by atoms with Gasteiger partial charge in [0.15, 0.2) is 0 Å². The molecule has 4 heterocycles. The van der Waals surface area contributed by atoms with E-state index in [1.165, 1.54) is 11.1 Å². The molecule has 0 saturated carbocycles. The molecule has 0 spiro atoms. The fourth-order valence-corrected chi connectivity index (χ4v) is 15.6. The van der Waals surface area contributed by atoms with Gasteiger partial charge in [0.1, 0.15) is 44.7 Å². The summed E-state index contributed by atoms with van der Waals surface area (Å²) in [7, 11) is 0. The number of nitrogens with zero attached hydrogens (tertiary/aromatic N) is 2. The maximum absolute atomic E-state index is 6.56. The lowest BCUT2D eigenvalue weighted by Gasteiger charge is -2.34. The van der Waals surface area contributed by atoms with Crippen molar-refractivity contribution in [3.63, 3.8) is 0 Å². The maximum Gasteiger partial charge on any atom is 0.135 e. The molecule has 0 aliphatic rings. The molecule has 8 heteroatoms. The summed E-state index contributed by atoms with van der Waals surface area (Å²) in [5, 5.41) is 8.42. The molecule has 0 aliphatic carbocycles. The molecule has 0 fully saturated rings. The first kappa shape index (κ1) is 61.2. The number of anilines is 6. The third-order valence-electron chi connectivity index (χ3n) is 19.8. The highest BCUT2D eigenvalue weighted by Gasteiger charge is 2.30. The molecule has 100 heavy (non-hydrogen) atoms. The van der Waals surface area contributed by atoms with Crippen LogP contribution in [0.25, 0.3) is 143 Å². The first-order chi connectivity index (χ1) is 48.6. The van der Waals surface area contributed by atoms with E-state index in [4.69, 9.17) is 17.7 Å². The first-order valence-corrected chi connectivity index (χ1v) is 35.5. The maximum atomic E-state index is 6.56. The van der Waals surface area contributed by atoms with Gasteiger partial charge in [0, 0.05) is 97.0 Å². The van der Waals surface area contributed by atoms with Gasteiger partial charge in [-0.25, -0.2) is 0 Å². The number of hydrogen-bond donors (Lipinski definition) is 0. The van der Waals surface area contributed by atoms with E-state index >= 15 is 0 Å². The Labute approximate surface area is 596 Å². The zero-order valence-corrected chi connectivity index (χ0v) is 59.2. The lowest BCUT2D eigenvalue weighted by molar-refractivity contribution is 0.569. The van der Waals surface area contributed by atoms with Gasteiger partial charge < -0.3 is 27.5 Å². The number of rotatable bonds is 11. The first-order valence-electron chi connectivity index (χ1n) is 34.0. The molecule has 6 nitrogen and oxygen atoms in total. The van der Waals surface area contributed by atoms with Gasteiger partial charge in [-0.3, -0.25) is 0 Å². The second-order valence-corrected chi connectivity index (χ2v) is 30.1. The van der Waals surface area contributed by atoms with Crippen molar-refractivity contribution in [3.05, 3.63) is 311 Å². The summed E-state index contributed by atoms with van der Waals surface area (Å²) in [4.78, 5) is 5.00. The van der Waals surface area contributed by atoms with Crippen molar-refractivity contribution < 1.29 is 17.7 Å². The zero-order chi connectivity index (χ0) is 67.7. The smallest absolute Gasteiger partial charge is 0.135 e. The second kappa shape index (κ2) is 23.8. The molecule has 482 valence electrons. The van der Waals surface area contributed by atoms with Gasteiger partial charge in [0.25, 0.3) is 0 Å². The summed E-state index contributed by atoms with van der Waals surface area (Å²) in [6.07, 6.45) is 0. The van der Waals surface area contributed by atoms with Crippen molar-refractivity contribution in [1.82, 2.24) is 0 Å². The van der Waals surface area contributed by atoms with E-state index in [1.807, 2.05) is 24.3 Å². The summed E-state index contributed by atoms with van der Waals surface area (Å²) < 4.78 is 28.1. The van der Waals surface area contributed by atoms with Crippen molar-refractivity contribution in [3.8, 4) is 55.6 Å². The van der Waals surface area contributed by atoms with Gasteiger partial charge >= 0.3 is 0 Å². The predicted octanol–water partition coefficient (Wildman–Crippen LogP) is 28.7. The average molecular weight is 1420 g/mol. The van der Waals surface area contributed by atoms with Gasteiger partial charge in [-0.05, 0) is 183 Å². The minimum absolute atomic E-state index is 0.186. The van der Waals surface area contributed by atoms with Crippen molar-refractivity contribution in [2.75, 3.05) is 9.80 Å². The topological polar surface area (TPSA) is 59.0 Å². The van der Waals surface area contributed by atoms with Gasteiger partial charge in [0.05, 0.1) is 11.4 Å². The summed E-state index contributed by atoms with van der Waals surface area (Å²) in [5.74, 6) is 0. The van der Waals surface area contributed by atoms with Crippen molar-refractivity contribution >= 4 is 154 Å². The number of para-hydroxylation sites is 6. The van der Waals surface area contributed by atoms with Crippen LogP contribution in [0.5, 0.6) is 0 Å². The third-order valence-corrected chi connectivity index (χ3v) is 20.8. The molecule has 0 atom stereocenters. The van der Waals surface area contributed by atoms with Crippen LogP contribution < -0.4 is 9.80 Å². The van der Waals surface area contributed by atoms with Crippen LogP contribution >= 0.6 is 31.9 Å². The van der Waals surface area contributed by atoms with E-state index in [0.717, 1.165) is 186 Å². The van der Waals surface area contributed by atoms with Crippen molar-refractivity contribution in [2.45, 2.75) is 52.4 Å². The Hall–Kier alpha value is -11.2. The number of furan rings is 4. The summed E-state index contributed by atoms with van der Waals surface area (Å²) in [5.41, 5.74) is 25.0. The van der Waals surface area contributed by atoms with Crippen LogP contribution in [-0.2, 0) is 10.8 Å². The van der Waals surface area contributed by atoms with Crippen LogP contribution in [0, 0.1) is 0 Å². The second-order valence-electron chi connectivity index (χ2n) is 28.3. The largest absolute Gasteiger partial charge is 0.456 e. The van der Waals surface area contributed by atoms with E-state index in [2.05, 4.69) is 350 Å². The van der Waals surface area contributed by atoms with E-state index in [-0.39, 0.29) is 10.8 Å². The van der Waals surface area contributed by atoms with Crippen molar-refractivity contribution in [1.29, 1.82) is 0 Å². The minimum Gasteiger partial charge on any atom is -0.456 e. The molecule has 0 bridgehead atoms. The van der Waals surface area contributed by atoms with E-state index in [9.17, 15) is 0 Å². The van der Waals surface area contributed by atoms with E-state index in [1.54, 1.807) is 0 Å². The average Bonchev–Trinajstić information content (AvgIpc) is 0.951. The van der Waals surface area contributed by atoms with Crippen LogP contribution in [0.15, 0.2) is 318 Å². The minimum atomic E-state index is -0.186. The van der Waals surface area contributed by atoms with Crippen molar-refractivity contribution in [2.24, 2.45) is 0 Å². The molecular weight excluding hydrogens is 1360 g/mol.